The van der Waals surface area contributed by atoms with Crippen LogP contribution >= 0.6 is 0 Å². The van der Waals surface area contributed by atoms with Crippen LogP contribution in [0.5, 0.6) is 17.2 Å². The first-order valence-electron chi connectivity index (χ1n) is 20.6. The van der Waals surface area contributed by atoms with Gasteiger partial charge in [-0.15, -0.1) is 0 Å². The van der Waals surface area contributed by atoms with E-state index in [-0.39, 0.29) is 29.7 Å². The van der Waals surface area contributed by atoms with E-state index < -0.39 is 8.32 Å². The van der Waals surface area contributed by atoms with Gasteiger partial charge < -0.3 is 28.1 Å². The van der Waals surface area contributed by atoms with Crippen molar-refractivity contribution >= 4 is 31.5 Å². The molecule has 8 rings (SSSR count). The van der Waals surface area contributed by atoms with Gasteiger partial charge in [-0.3, -0.25) is 24.1 Å². The summed E-state index contributed by atoms with van der Waals surface area (Å²) in [5.41, 5.74) is 7.00. The standard InChI is InChI=1S/C46H56N6O6Si/c1-31-23-33-11-9-10-12-34(33)28-51(31)44(53)40-26-43-42(56-30-57-43)25-39(40)41-24-38(32(2)50(41)18-17-49-19-21-55-22-20-49)45(54)52(36-27-47-48(6)29-36)35-13-15-37(16-14-35)58-59(7,8)46(3,4)5/h9-16,24-27,29,31H,17-23,28,30H2,1-8H3/t31-/m1/s1. The molecule has 3 aromatic carbocycles. The third kappa shape index (κ3) is 8.03. The summed E-state index contributed by atoms with van der Waals surface area (Å²) in [6.45, 7) is 20.1. The molecule has 0 saturated carbocycles. The van der Waals surface area contributed by atoms with Crippen molar-refractivity contribution in [3.63, 3.8) is 0 Å². The third-order valence-corrected chi connectivity index (χ3v) is 16.9. The zero-order valence-electron chi connectivity index (χ0n) is 35.6. The number of morpholine rings is 1. The average Bonchev–Trinajstić information content (AvgIpc) is 3.94. The molecule has 1 saturated heterocycles. The smallest absolute Gasteiger partial charge is 0.264 e. The van der Waals surface area contributed by atoms with Crippen molar-refractivity contribution in [2.75, 3.05) is 44.5 Å². The highest BCUT2D eigenvalue weighted by Gasteiger charge is 2.39. The number of hydrogen-bond acceptors (Lipinski definition) is 8. The van der Waals surface area contributed by atoms with Crippen molar-refractivity contribution in [2.24, 2.45) is 7.05 Å². The highest BCUT2D eigenvalue weighted by Crippen LogP contribution is 2.43. The molecule has 0 spiro atoms. The van der Waals surface area contributed by atoms with E-state index in [2.05, 4.69) is 73.6 Å². The van der Waals surface area contributed by atoms with Crippen LogP contribution in [-0.2, 0) is 31.3 Å². The second-order valence-corrected chi connectivity index (χ2v) is 22.2. The molecule has 13 heteroatoms. The molecule has 1 atom stereocenters. The second kappa shape index (κ2) is 16.0. The van der Waals surface area contributed by atoms with Crippen molar-refractivity contribution in [3.8, 4) is 28.5 Å². The topological polar surface area (TPSA) is 104 Å². The highest BCUT2D eigenvalue weighted by molar-refractivity contribution is 6.74. The minimum absolute atomic E-state index is 0.0191. The lowest BCUT2D eigenvalue weighted by molar-refractivity contribution is 0.0364. The van der Waals surface area contributed by atoms with E-state index in [1.165, 1.54) is 5.56 Å². The fourth-order valence-corrected chi connectivity index (χ4v) is 9.05. The normalized spacial score (nSPS) is 16.9. The van der Waals surface area contributed by atoms with Crippen LogP contribution in [0.3, 0.4) is 0 Å². The Balaban J connectivity index is 1.22. The van der Waals surface area contributed by atoms with E-state index in [1.54, 1.807) is 15.8 Å². The Morgan fingerprint density at radius 3 is 2.29 bits per heavy atom. The molecule has 0 unspecified atom stereocenters. The van der Waals surface area contributed by atoms with Gasteiger partial charge in [0.25, 0.3) is 11.8 Å². The number of nitrogens with zero attached hydrogens (tertiary/aromatic N) is 6. The van der Waals surface area contributed by atoms with Gasteiger partial charge in [0.1, 0.15) is 5.75 Å². The summed E-state index contributed by atoms with van der Waals surface area (Å²) in [7, 11) is -0.249. The van der Waals surface area contributed by atoms with E-state index >= 15 is 4.79 Å². The molecule has 3 aliphatic heterocycles. The van der Waals surface area contributed by atoms with Crippen LogP contribution < -0.4 is 18.8 Å². The van der Waals surface area contributed by atoms with Crippen LogP contribution in [0.1, 0.15) is 65.2 Å². The van der Waals surface area contributed by atoms with Gasteiger partial charge in [0.05, 0.1) is 41.9 Å². The van der Waals surface area contributed by atoms with Gasteiger partial charge in [-0.25, -0.2) is 0 Å². The van der Waals surface area contributed by atoms with Crippen LogP contribution in [0.2, 0.25) is 18.1 Å². The number of hydrogen-bond donors (Lipinski definition) is 0. The number of benzene rings is 3. The monoisotopic (exact) mass is 816 g/mol. The second-order valence-electron chi connectivity index (χ2n) is 17.5. The fourth-order valence-electron chi connectivity index (χ4n) is 8.01. The molecule has 0 radical (unpaired) electrons. The maximum Gasteiger partial charge on any atom is 0.264 e. The minimum Gasteiger partial charge on any atom is -0.544 e. The van der Waals surface area contributed by atoms with Gasteiger partial charge in [-0.1, -0.05) is 45.0 Å². The van der Waals surface area contributed by atoms with Crippen LogP contribution in [0.15, 0.2) is 79.1 Å². The Kier molecular flexibility index (Phi) is 11.0. The number of aryl methyl sites for hydroxylation is 1. The summed E-state index contributed by atoms with van der Waals surface area (Å²) < 4.78 is 27.9. The SMILES string of the molecule is Cc1c(C(=O)N(c2ccc(O[Si](C)(C)C(C)(C)C)cc2)c2cnn(C)c2)cc(-c2cc3c(cc2C(=O)N2Cc4ccccc4C[C@H]2C)OCO3)n1CCN1CCOCC1. The fraction of sp³-hybridized carbons (Fsp3) is 0.413. The molecule has 0 bridgehead atoms. The maximum atomic E-state index is 15.2. The Labute approximate surface area is 348 Å². The number of aromatic nitrogens is 3. The minimum atomic E-state index is -2.09. The molecule has 0 aliphatic carbocycles. The lowest BCUT2D eigenvalue weighted by atomic mass is 9.93. The molecule has 2 amide bonds. The van der Waals surface area contributed by atoms with Gasteiger partial charge in [0.15, 0.2) is 11.5 Å². The molecule has 310 valence electrons. The number of amides is 2. The zero-order valence-corrected chi connectivity index (χ0v) is 36.6. The summed E-state index contributed by atoms with van der Waals surface area (Å²) in [4.78, 5) is 36.2. The number of fused-ring (bicyclic) bond motifs is 2. The number of carbonyl (C=O) groups is 2. The lowest BCUT2D eigenvalue weighted by Gasteiger charge is -2.36. The van der Waals surface area contributed by atoms with Gasteiger partial charge in [0, 0.05) is 69.0 Å². The highest BCUT2D eigenvalue weighted by atomic mass is 28.4. The predicted molar refractivity (Wildman–Crippen MR) is 231 cm³/mol. The molecule has 3 aliphatic rings. The summed E-state index contributed by atoms with van der Waals surface area (Å²) in [6, 6.07) is 21.7. The van der Waals surface area contributed by atoms with Gasteiger partial charge >= 0.3 is 0 Å². The first-order chi connectivity index (χ1) is 28.2. The van der Waals surface area contributed by atoms with Crippen LogP contribution in [0.25, 0.3) is 11.3 Å². The van der Waals surface area contributed by atoms with Crippen LogP contribution in [0, 0.1) is 6.92 Å². The summed E-state index contributed by atoms with van der Waals surface area (Å²) in [5, 5.41) is 4.48. The van der Waals surface area contributed by atoms with Crippen LogP contribution in [0.4, 0.5) is 11.4 Å². The molecule has 1 fully saturated rings. The van der Waals surface area contributed by atoms with E-state index in [0.717, 1.165) is 48.8 Å². The number of ether oxygens (including phenoxy) is 3. The van der Waals surface area contributed by atoms with Crippen molar-refractivity contribution < 1.29 is 28.2 Å². The van der Waals surface area contributed by atoms with E-state index in [9.17, 15) is 4.79 Å². The summed E-state index contributed by atoms with van der Waals surface area (Å²) in [6.07, 6.45) is 4.31. The molecule has 0 N–H and O–H groups in total. The van der Waals surface area contributed by atoms with Gasteiger partial charge in [-0.2, -0.15) is 5.10 Å². The molecule has 2 aromatic heterocycles. The first-order valence-corrected chi connectivity index (χ1v) is 23.5. The van der Waals surface area contributed by atoms with Crippen molar-refractivity contribution in [2.45, 2.75) is 78.3 Å². The van der Waals surface area contributed by atoms with E-state index in [4.69, 9.17) is 18.6 Å². The number of rotatable bonds is 10. The Hall–Kier alpha value is -5.37. The third-order valence-electron chi connectivity index (χ3n) is 12.6. The van der Waals surface area contributed by atoms with Crippen molar-refractivity contribution in [1.82, 2.24) is 24.1 Å². The first kappa shape index (κ1) is 40.4. The lowest BCUT2D eigenvalue weighted by Crippen LogP contribution is -2.43. The Bertz CT molecular complexity index is 2360. The van der Waals surface area contributed by atoms with Gasteiger partial charge in [-0.05, 0) is 92.0 Å². The molecule has 12 nitrogen and oxygen atoms in total. The van der Waals surface area contributed by atoms with E-state index in [0.29, 0.717) is 65.9 Å². The summed E-state index contributed by atoms with van der Waals surface area (Å²) in [5.74, 6) is 1.57. The van der Waals surface area contributed by atoms with Crippen molar-refractivity contribution in [1.29, 1.82) is 0 Å². The number of anilines is 2. The molecular formula is C46H56N6O6Si. The Morgan fingerprint density at radius 2 is 1.61 bits per heavy atom. The van der Waals surface area contributed by atoms with E-state index in [1.807, 2.05) is 73.6 Å². The average molecular weight is 817 g/mol. The maximum absolute atomic E-state index is 15.2. The quantitative estimate of drug-likeness (QED) is 0.130. The predicted octanol–water partition coefficient (Wildman–Crippen LogP) is 8.21. The Morgan fingerprint density at radius 1 is 0.915 bits per heavy atom. The van der Waals surface area contributed by atoms with Crippen molar-refractivity contribution in [3.05, 3.63) is 107 Å². The van der Waals surface area contributed by atoms with Gasteiger partial charge in [0.2, 0.25) is 15.1 Å². The molecule has 5 aromatic rings. The largest absolute Gasteiger partial charge is 0.544 e. The number of carbonyl (C=O) groups excluding carboxylic acids is 2. The zero-order chi connectivity index (χ0) is 41.6. The van der Waals surface area contributed by atoms with Crippen LogP contribution in [-0.4, -0.2) is 90.0 Å². The molecule has 59 heavy (non-hydrogen) atoms. The summed E-state index contributed by atoms with van der Waals surface area (Å²) >= 11 is 0. The molecular weight excluding hydrogens is 761 g/mol. The molecule has 5 heterocycles.